The number of hydrogen-bond donors (Lipinski definition) is 1. The summed E-state index contributed by atoms with van der Waals surface area (Å²) in [5.41, 5.74) is 1.95. The number of carbonyl (C=O) groups excluding carboxylic acids is 3. The zero-order chi connectivity index (χ0) is 17.9. The first-order chi connectivity index (χ1) is 11.4. The number of esters is 2. The Morgan fingerprint density at radius 2 is 1.83 bits per heavy atom. The number of benzene rings is 1. The van der Waals surface area contributed by atoms with E-state index in [9.17, 15) is 14.4 Å². The maximum atomic E-state index is 12.3. The highest BCUT2D eigenvalue weighted by atomic mass is 16.5. The predicted octanol–water partition coefficient (Wildman–Crippen LogP) is 2.01. The molecule has 1 N–H and O–H groups in total. The lowest BCUT2D eigenvalue weighted by atomic mass is 9.94. The SMILES string of the molecule is CCOC(=O)C1=C(C)N(C)C(=O)N[C@H]1c1ccc(C(=O)OC)cc1. The average Bonchev–Trinajstić information content (AvgIpc) is 2.59. The van der Waals surface area contributed by atoms with E-state index in [0.717, 1.165) is 0 Å². The van der Waals surface area contributed by atoms with E-state index in [1.165, 1.54) is 12.0 Å². The molecule has 0 saturated heterocycles. The molecule has 1 aromatic rings. The molecule has 1 aliphatic rings. The van der Waals surface area contributed by atoms with Crippen molar-refractivity contribution in [1.82, 2.24) is 10.2 Å². The van der Waals surface area contributed by atoms with Crippen molar-refractivity contribution in [3.05, 3.63) is 46.7 Å². The number of methoxy groups -OCH3 is 1. The zero-order valence-corrected chi connectivity index (χ0v) is 14.1. The van der Waals surface area contributed by atoms with Crippen LogP contribution in [0.3, 0.4) is 0 Å². The van der Waals surface area contributed by atoms with Gasteiger partial charge in [0.05, 0.1) is 30.9 Å². The Kier molecular flexibility index (Phi) is 5.23. The summed E-state index contributed by atoms with van der Waals surface area (Å²) in [6, 6.07) is 5.57. The lowest BCUT2D eigenvalue weighted by molar-refractivity contribution is -0.139. The molecular formula is C17H20N2O5. The molecule has 7 nitrogen and oxygen atoms in total. The smallest absolute Gasteiger partial charge is 0.338 e. The van der Waals surface area contributed by atoms with Crippen LogP contribution < -0.4 is 5.32 Å². The molecule has 1 aliphatic heterocycles. The van der Waals surface area contributed by atoms with E-state index in [0.29, 0.717) is 22.4 Å². The Labute approximate surface area is 140 Å². The highest BCUT2D eigenvalue weighted by Gasteiger charge is 2.34. The summed E-state index contributed by atoms with van der Waals surface area (Å²) in [6.45, 7) is 3.65. The molecule has 1 heterocycles. The van der Waals surface area contributed by atoms with Crippen molar-refractivity contribution in [1.29, 1.82) is 0 Å². The van der Waals surface area contributed by atoms with Crippen LogP contribution in [-0.2, 0) is 14.3 Å². The van der Waals surface area contributed by atoms with Gasteiger partial charge in [0.25, 0.3) is 0 Å². The minimum Gasteiger partial charge on any atom is -0.465 e. The molecule has 0 radical (unpaired) electrons. The summed E-state index contributed by atoms with van der Waals surface area (Å²) in [5.74, 6) is -0.935. The van der Waals surface area contributed by atoms with Gasteiger partial charge in [-0.05, 0) is 31.5 Å². The Hall–Kier alpha value is -2.83. The van der Waals surface area contributed by atoms with Crippen molar-refractivity contribution < 1.29 is 23.9 Å². The van der Waals surface area contributed by atoms with Crippen molar-refractivity contribution in [3.8, 4) is 0 Å². The van der Waals surface area contributed by atoms with Crippen LogP contribution in [-0.4, -0.2) is 43.6 Å². The van der Waals surface area contributed by atoms with Gasteiger partial charge in [-0.15, -0.1) is 0 Å². The van der Waals surface area contributed by atoms with Crippen LogP contribution in [0.25, 0.3) is 0 Å². The van der Waals surface area contributed by atoms with Gasteiger partial charge < -0.3 is 19.7 Å². The molecule has 0 saturated carbocycles. The van der Waals surface area contributed by atoms with Gasteiger partial charge in [-0.2, -0.15) is 0 Å². The molecule has 0 aliphatic carbocycles. The van der Waals surface area contributed by atoms with Crippen molar-refractivity contribution in [2.75, 3.05) is 20.8 Å². The van der Waals surface area contributed by atoms with Gasteiger partial charge in [-0.3, -0.25) is 0 Å². The standard InChI is InChI=1S/C17H20N2O5/c1-5-24-16(21)13-10(2)19(3)17(22)18-14(13)11-6-8-12(9-7-11)15(20)23-4/h6-9,14H,5H2,1-4H3,(H,18,22)/t14-/m0/s1. The number of hydrogen-bond acceptors (Lipinski definition) is 5. The van der Waals surface area contributed by atoms with Crippen molar-refractivity contribution in [3.63, 3.8) is 0 Å². The Morgan fingerprint density at radius 3 is 2.38 bits per heavy atom. The second-order valence-electron chi connectivity index (χ2n) is 5.27. The first kappa shape index (κ1) is 17.5. The largest absolute Gasteiger partial charge is 0.465 e. The molecule has 1 atom stereocenters. The molecule has 7 heteroatoms. The fourth-order valence-corrected chi connectivity index (χ4v) is 2.49. The molecule has 2 amide bonds. The summed E-state index contributed by atoms with van der Waals surface area (Å²) >= 11 is 0. The highest BCUT2D eigenvalue weighted by molar-refractivity contribution is 5.95. The van der Waals surface area contributed by atoms with Gasteiger partial charge in [0, 0.05) is 12.7 Å². The molecule has 0 bridgehead atoms. The van der Waals surface area contributed by atoms with E-state index in [1.54, 1.807) is 45.2 Å². The van der Waals surface area contributed by atoms with Gasteiger partial charge in [0.2, 0.25) is 0 Å². The lowest BCUT2D eigenvalue weighted by Gasteiger charge is -2.33. The summed E-state index contributed by atoms with van der Waals surface area (Å²) < 4.78 is 9.78. The first-order valence-electron chi connectivity index (χ1n) is 7.51. The third kappa shape index (κ3) is 3.24. The third-order valence-electron chi connectivity index (χ3n) is 3.91. The minimum absolute atomic E-state index is 0.237. The zero-order valence-electron chi connectivity index (χ0n) is 14.1. The number of amides is 2. The number of nitrogens with one attached hydrogen (secondary N) is 1. The van der Waals surface area contributed by atoms with Crippen LogP contribution in [0.15, 0.2) is 35.5 Å². The van der Waals surface area contributed by atoms with Crippen molar-refractivity contribution in [2.45, 2.75) is 19.9 Å². The normalized spacial score (nSPS) is 17.4. The number of allylic oxidation sites excluding steroid dienone is 1. The molecule has 1 aromatic carbocycles. The topological polar surface area (TPSA) is 84.9 Å². The number of urea groups is 1. The first-order valence-corrected chi connectivity index (χ1v) is 7.51. The third-order valence-corrected chi connectivity index (χ3v) is 3.91. The van der Waals surface area contributed by atoms with Gasteiger partial charge in [-0.1, -0.05) is 12.1 Å². The van der Waals surface area contributed by atoms with E-state index >= 15 is 0 Å². The van der Waals surface area contributed by atoms with Gasteiger partial charge >= 0.3 is 18.0 Å². The molecule has 0 aromatic heterocycles. The number of ether oxygens (including phenoxy) is 2. The van der Waals surface area contributed by atoms with E-state index in [-0.39, 0.29) is 12.6 Å². The maximum Gasteiger partial charge on any atom is 0.338 e. The fourth-order valence-electron chi connectivity index (χ4n) is 2.49. The average molecular weight is 332 g/mol. The van der Waals surface area contributed by atoms with E-state index < -0.39 is 18.0 Å². The van der Waals surface area contributed by atoms with Crippen LogP contribution in [0.4, 0.5) is 4.79 Å². The number of rotatable bonds is 4. The monoisotopic (exact) mass is 332 g/mol. The molecule has 24 heavy (non-hydrogen) atoms. The second-order valence-corrected chi connectivity index (χ2v) is 5.27. The summed E-state index contributed by atoms with van der Waals surface area (Å²) in [4.78, 5) is 37.3. The lowest BCUT2D eigenvalue weighted by Crippen LogP contribution is -2.46. The van der Waals surface area contributed by atoms with Crippen LogP contribution in [0.5, 0.6) is 0 Å². The van der Waals surface area contributed by atoms with Crippen molar-refractivity contribution in [2.24, 2.45) is 0 Å². The van der Waals surface area contributed by atoms with Gasteiger partial charge in [0.1, 0.15) is 0 Å². The molecular weight excluding hydrogens is 312 g/mol. The molecule has 128 valence electrons. The van der Waals surface area contributed by atoms with Crippen molar-refractivity contribution >= 4 is 18.0 Å². The number of nitrogens with zero attached hydrogens (tertiary/aromatic N) is 1. The van der Waals surface area contributed by atoms with Crippen LogP contribution >= 0.6 is 0 Å². The highest BCUT2D eigenvalue weighted by Crippen LogP contribution is 2.30. The van der Waals surface area contributed by atoms with Crippen LogP contribution in [0.1, 0.15) is 35.8 Å². The second kappa shape index (κ2) is 7.16. The Morgan fingerprint density at radius 1 is 1.21 bits per heavy atom. The van der Waals surface area contributed by atoms with E-state index in [4.69, 9.17) is 4.74 Å². The molecule has 0 spiro atoms. The number of carbonyl (C=O) groups is 3. The van der Waals surface area contributed by atoms with Crippen LogP contribution in [0, 0.1) is 0 Å². The molecule has 0 unspecified atom stereocenters. The molecule has 0 fully saturated rings. The molecule has 2 rings (SSSR count). The van der Waals surface area contributed by atoms with E-state index in [1.807, 2.05) is 0 Å². The van der Waals surface area contributed by atoms with Gasteiger partial charge in [-0.25, -0.2) is 14.4 Å². The summed E-state index contributed by atoms with van der Waals surface area (Å²) in [5, 5.41) is 2.78. The quantitative estimate of drug-likeness (QED) is 0.853. The van der Waals surface area contributed by atoms with E-state index in [2.05, 4.69) is 10.1 Å². The van der Waals surface area contributed by atoms with Gasteiger partial charge in [0.15, 0.2) is 0 Å². The Bertz CT molecular complexity index is 693. The minimum atomic E-state index is -0.639. The maximum absolute atomic E-state index is 12.3. The fraction of sp³-hybridized carbons (Fsp3) is 0.353. The summed E-state index contributed by atoms with van der Waals surface area (Å²) in [6.07, 6.45) is 0. The van der Waals surface area contributed by atoms with Crippen LogP contribution in [0.2, 0.25) is 0 Å². The predicted molar refractivity (Wildman–Crippen MR) is 86.2 cm³/mol. The summed E-state index contributed by atoms with van der Waals surface area (Å²) in [7, 11) is 2.89. The Balaban J connectivity index is 2.43.